The number of nitrogens with one attached hydrogen (secondary N) is 2. The van der Waals surface area contributed by atoms with Gasteiger partial charge in [-0.15, -0.1) is 23.7 Å². The molecule has 1 aliphatic carbocycles. The smallest absolute Gasteiger partial charge is 0.266 e. The average molecular weight is 685 g/mol. The second kappa shape index (κ2) is 14.0. The summed E-state index contributed by atoms with van der Waals surface area (Å²) in [6.45, 7) is 0.188. The molecule has 1 heterocycles. The van der Waals surface area contributed by atoms with E-state index < -0.39 is 21.7 Å². The second-order valence-corrected chi connectivity index (χ2v) is 13.8. The van der Waals surface area contributed by atoms with E-state index in [2.05, 4.69) is 10.0 Å². The van der Waals surface area contributed by atoms with E-state index in [1.165, 1.54) is 0 Å². The number of carbonyl (C=O) groups excluding carboxylic acids is 1. The lowest BCUT2D eigenvalue weighted by Crippen LogP contribution is -2.44. The molecule has 0 spiro atoms. The van der Waals surface area contributed by atoms with Crippen molar-refractivity contribution in [2.45, 2.75) is 44.3 Å². The molecule has 0 aliphatic heterocycles. The molecule has 0 radical (unpaired) electrons. The highest BCUT2D eigenvalue weighted by Crippen LogP contribution is 2.40. The van der Waals surface area contributed by atoms with Gasteiger partial charge in [0.05, 0.1) is 28.5 Å². The molecule has 3 aromatic carbocycles. The molecule has 1 fully saturated rings. The molecule has 1 amide bonds. The standard InChI is InChI=1S/C31H32ClF2N3O4S2.ClH/c1-35-21-9-11-23(12-10-21)37(31(38)30-28(32)27-24(33)13-14-25(34)29(27)42-30)17-20-16-19(6-15-26(20)41-2)18-4-7-22(8-5-18)36-43(3,39)40;/h4-8,13-16,21,23,35-36H,9-12,17H2,1-3H3;1H. The molecule has 236 valence electrons. The summed E-state index contributed by atoms with van der Waals surface area (Å²) < 4.78 is 60.6. The van der Waals surface area contributed by atoms with Gasteiger partial charge in [0, 0.05) is 29.9 Å². The molecule has 1 saturated carbocycles. The van der Waals surface area contributed by atoms with Crippen molar-refractivity contribution < 1.29 is 26.7 Å². The van der Waals surface area contributed by atoms with Gasteiger partial charge in [0.1, 0.15) is 22.3 Å². The van der Waals surface area contributed by atoms with Crippen molar-refractivity contribution in [2.24, 2.45) is 0 Å². The van der Waals surface area contributed by atoms with Gasteiger partial charge in [0.25, 0.3) is 5.91 Å². The predicted molar refractivity (Wildman–Crippen MR) is 176 cm³/mol. The lowest BCUT2D eigenvalue weighted by atomic mass is 9.89. The van der Waals surface area contributed by atoms with Crippen LogP contribution in [0.25, 0.3) is 21.2 Å². The van der Waals surface area contributed by atoms with Gasteiger partial charge in [-0.25, -0.2) is 17.2 Å². The Morgan fingerprint density at radius 2 is 1.66 bits per heavy atom. The predicted octanol–water partition coefficient (Wildman–Crippen LogP) is 7.47. The fourth-order valence-corrected chi connectivity index (χ4v) is 7.69. The Hall–Kier alpha value is -2.96. The molecule has 1 aliphatic rings. The minimum Gasteiger partial charge on any atom is -0.496 e. The molecule has 0 atom stereocenters. The number of amides is 1. The van der Waals surface area contributed by atoms with Crippen LogP contribution >= 0.6 is 35.3 Å². The third-order valence-corrected chi connectivity index (χ3v) is 10.1. The third-order valence-electron chi connectivity index (χ3n) is 7.83. The van der Waals surface area contributed by atoms with Crippen molar-refractivity contribution in [1.29, 1.82) is 0 Å². The SMILES string of the molecule is CNC1CCC(N(Cc2cc(-c3ccc(NS(C)(=O)=O)cc3)ccc2OC)C(=O)c2sc3c(F)ccc(F)c3c2Cl)CC1.Cl. The van der Waals surface area contributed by atoms with E-state index in [9.17, 15) is 22.0 Å². The number of fused-ring (bicyclic) bond motifs is 1. The molecular formula is C31H33Cl2F2N3O4S2. The van der Waals surface area contributed by atoms with Crippen LogP contribution in [0.15, 0.2) is 54.6 Å². The van der Waals surface area contributed by atoms with E-state index >= 15 is 0 Å². The number of halogens is 4. The van der Waals surface area contributed by atoms with Crippen LogP contribution in [0.1, 0.15) is 40.9 Å². The maximum Gasteiger partial charge on any atom is 0.266 e. The van der Waals surface area contributed by atoms with Crippen LogP contribution in [0.3, 0.4) is 0 Å². The summed E-state index contributed by atoms with van der Waals surface area (Å²) in [5.74, 6) is -1.11. The van der Waals surface area contributed by atoms with Crippen LogP contribution in [0.4, 0.5) is 14.5 Å². The van der Waals surface area contributed by atoms with Gasteiger partial charge in [-0.05, 0) is 80.3 Å². The Morgan fingerprint density at radius 3 is 2.25 bits per heavy atom. The highest BCUT2D eigenvalue weighted by Gasteiger charge is 2.33. The first-order valence-corrected chi connectivity index (χ1v) is 16.9. The van der Waals surface area contributed by atoms with Gasteiger partial charge < -0.3 is 15.0 Å². The number of sulfonamides is 1. The van der Waals surface area contributed by atoms with Crippen LogP contribution in [0.2, 0.25) is 5.02 Å². The van der Waals surface area contributed by atoms with Crippen molar-refractivity contribution in [3.8, 4) is 16.9 Å². The van der Waals surface area contributed by atoms with Crippen molar-refractivity contribution in [3.05, 3.63) is 81.7 Å². The quantitative estimate of drug-likeness (QED) is 0.191. The van der Waals surface area contributed by atoms with Gasteiger partial charge in [0.15, 0.2) is 0 Å². The van der Waals surface area contributed by atoms with Gasteiger partial charge >= 0.3 is 0 Å². The number of rotatable bonds is 9. The highest BCUT2D eigenvalue weighted by molar-refractivity contribution is 7.92. The minimum absolute atomic E-state index is 0. The fraction of sp³-hybridized carbons (Fsp3) is 0.323. The Morgan fingerprint density at radius 1 is 1.02 bits per heavy atom. The Kier molecular flexibility index (Phi) is 10.8. The van der Waals surface area contributed by atoms with E-state index in [0.29, 0.717) is 17.5 Å². The summed E-state index contributed by atoms with van der Waals surface area (Å²) in [6.07, 6.45) is 4.34. The molecule has 0 saturated heterocycles. The fourth-order valence-electron chi connectivity index (χ4n) is 5.62. The maximum atomic E-state index is 14.7. The molecule has 44 heavy (non-hydrogen) atoms. The highest BCUT2D eigenvalue weighted by atomic mass is 35.5. The normalized spacial score (nSPS) is 16.8. The number of anilines is 1. The Labute approximate surface area is 271 Å². The number of ether oxygens (including phenoxy) is 1. The number of nitrogens with zero attached hydrogens (tertiary/aromatic N) is 1. The molecule has 13 heteroatoms. The second-order valence-electron chi connectivity index (χ2n) is 10.7. The van der Waals surface area contributed by atoms with E-state index in [-0.39, 0.29) is 50.9 Å². The molecule has 1 aromatic heterocycles. The summed E-state index contributed by atoms with van der Waals surface area (Å²) in [5.41, 5.74) is 2.88. The van der Waals surface area contributed by atoms with Crippen molar-refractivity contribution in [2.75, 3.05) is 25.1 Å². The average Bonchev–Trinajstić information content (AvgIpc) is 3.35. The Balaban J connectivity index is 0.00000442. The van der Waals surface area contributed by atoms with Gasteiger partial charge in [-0.2, -0.15) is 0 Å². The summed E-state index contributed by atoms with van der Waals surface area (Å²) in [4.78, 5) is 16.1. The number of hydrogen-bond donors (Lipinski definition) is 2. The zero-order valence-corrected chi connectivity index (χ0v) is 27.5. The zero-order chi connectivity index (χ0) is 30.9. The number of methoxy groups -OCH3 is 1. The molecule has 4 aromatic rings. The lowest BCUT2D eigenvalue weighted by molar-refractivity contribution is 0.0604. The lowest BCUT2D eigenvalue weighted by Gasteiger charge is -2.37. The molecular weight excluding hydrogens is 651 g/mol. The van der Waals surface area contributed by atoms with E-state index in [1.54, 1.807) is 36.3 Å². The van der Waals surface area contributed by atoms with Gasteiger partial charge in [-0.1, -0.05) is 29.8 Å². The largest absolute Gasteiger partial charge is 0.496 e. The van der Waals surface area contributed by atoms with Crippen LogP contribution in [0, 0.1) is 11.6 Å². The number of benzene rings is 3. The molecule has 2 N–H and O–H groups in total. The third kappa shape index (κ3) is 7.29. The first kappa shape index (κ1) is 33.9. The van der Waals surface area contributed by atoms with Crippen LogP contribution in [-0.4, -0.2) is 51.7 Å². The molecule has 0 bridgehead atoms. The summed E-state index contributed by atoms with van der Waals surface area (Å²) >= 11 is 7.42. The number of thiophene rings is 1. The monoisotopic (exact) mass is 683 g/mol. The maximum absolute atomic E-state index is 14.7. The van der Waals surface area contributed by atoms with Crippen molar-refractivity contribution in [1.82, 2.24) is 10.2 Å². The number of carbonyl (C=O) groups is 1. The summed E-state index contributed by atoms with van der Waals surface area (Å²) in [7, 11) is 0.0773. The first-order chi connectivity index (χ1) is 20.5. The Bertz CT molecular complexity index is 1760. The minimum atomic E-state index is -3.41. The van der Waals surface area contributed by atoms with Crippen LogP contribution < -0.4 is 14.8 Å². The topological polar surface area (TPSA) is 87.7 Å². The van der Waals surface area contributed by atoms with Crippen molar-refractivity contribution in [3.63, 3.8) is 0 Å². The summed E-state index contributed by atoms with van der Waals surface area (Å²) in [6, 6.07) is 14.9. The van der Waals surface area contributed by atoms with E-state index in [4.69, 9.17) is 16.3 Å². The van der Waals surface area contributed by atoms with Crippen LogP contribution in [-0.2, 0) is 16.6 Å². The zero-order valence-electron chi connectivity index (χ0n) is 24.3. The van der Waals surface area contributed by atoms with Crippen LogP contribution in [0.5, 0.6) is 5.75 Å². The van der Waals surface area contributed by atoms with E-state index in [1.807, 2.05) is 25.2 Å². The first-order valence-electron chi connectivity index (χ1n) is 13.8. The molecule has 7 nitrogen and oxygen atoms in total. The van der Waals surface area contributed by atoms with Gasteiger partial charge in [-0.3, -0.25) is 9.52 Å². The van der Waals surface area contributed by atoms with Gasteiger partial charge in [0.2, 0.25) is 10.0 Å². The number of hydrogen-bond acceptors (Lipinski definition) is 6. The van der Waals surface area contributed by atoms with Crippen molar-refractivity contribution >= 4 is 67.0 Å². The van der Waals surface area contributed by atoms with E-state index in [0.717, 1.165) is 72.1 Å². The summed E-state index contributed by atoms with van der Waals surface area (Å²) in [5, 5.41) is 3.14. The molecule has 5 rings (SSSR count). The molecule has 0 unspecified atom stereocenters.